The van der Waals surface area contributed by atoms with E-state index in [1.54, 1.807) is 18.2 Å². The number of nitrogens with zero attached hydrogens (tertiary/aromatic N) is 3. The molecule has 136 valence electrons. The van der Waals surface area contributed by atoms with Crippen molar-refractivity contribution >= 4 is 16.8 Å². The van der Waals surface area contributed by atoms with Crippen molar-refractivity contribution in [3.63, 3.8) is 0 Å². The molecule has 3 aromatic rings. The van der Waals surface area contributed by atoms with Gasteiger partial charge in [-0.2, -0.15) is 5.10 Å². The predicted octanol–water partition coefficient (Wildman–Crippen LogP) is 1.63. The fourth-order valence-corrected chi connectivity index (χ4v) is 2.83. The second kappa shape index (κ2) is 7.23. The largest absolute Gasteiger partial charge is 0.384 e. The van der Waals surface area contributed by atoms with Crippen LogP contribution in [0.25, 0.3) is 22.2 Å². The highest BCUT2D eigenvalue weighted by Crippen LogP contribution is 2.25. The molecule has 3 rings (SSSR count). The van der Waals surface area contributed by atoms with Crippen LogP contribution in [0.4, 0.5) is 0 Å². The van der Waals surface area contributed by atoms with Crippen LogP contribution in [0.1, 0.15) is 25.6 Å². The molecule has 0 bridgehead atoms. The highest BCUT2D eigenvalue weighted by molar-refractivity contribution is 5.84. The zero-order valence-corrected chi connectivity index (χ0v) is 14.7. The van der Waals surface area contributed by atoms with Gasteiger partial charge in [-0.3, -0.25) is 9.48 Å². The van der Waals surface area contributed by atoms with E-state index in [-0.39, 0.29) is 5.69 Å². The van der Waals surface area contributed by atoms with Crippen molar-refractivity contribution in [2.45, 2.75) is 32.6 Å². The SMILES string of the molecule is CC(C)Cn1ncc2cc(-c3cccc(C(O)C(O)C(N)=O)n3)ccc21. The normalized spacial score (nSPS) is 13.9. The van der Waals surface area contributed by atoms with Gasteiger partial charge in [-0.25, -0.2) is 4.98 Å². The number of aromatic nitrogens is 3. The summed E-state index contributed by atoms with van der Waals surface area (Å²) in [5.74, 6) is -0.502. The lowest BCUT2D eigenvalue weighted by molar-refractivity contribution is -0.132. The van der Waals surface area contributed by atoms with Crippen molar-refractivity contribution in [2.24, 2.45) is 11.7 Å². The van der Waals surface area contributed by atoms with Crippen LogP contribution >= 0.6 is 0 Å². The third-order valence-corrected chi connectivity index (χ3v) is 4.14. The molecule has 0 saturated heterocycles. The Balaban J connectivity index is 1.94. The molecule has 7 nitrogen and oxygen atoms in total. The molecule has 0 saturated carbocycles. The molecule has 26 heavy (non-hydrogen) atoms. The van der Waals surface area contributed by atoms with Gasteiger partial charge in [0.1, 0.15) is 6.10 Å². The number of primary amides is 1. The van der Waals surface area contributed by atoms with Crippen molar-refractivity contribution in [3.8, 4) is 11.3 Å². The van der Waals surface area contributed by atoms with Crippen LogP contribution in [0.2, 0.25) is 0 Å². The van der Waals surface area contributed by atoms with Gasteiger partial charge in [0, 0.05) is 17.5 Å². The summed E-state index contributed by atoms with van der Waals surface area (Å²) >= 11 is 0. The Morgan fingerprint density at radius 3 is 2.69 bits per heavy atom. The van der Waals surface area contributed by atoms with Gasteiger partial charge in [-0.15, -0.1) is 0 Å². The van der Waals surface area contributed by atoms with Crippen LogP contribution in [-0.2, 0) is 11.3 Å². The number of pyridine rings is 1. The summed E-state index contributed by atoms with van der Waals surface area (Å²) in [6, 6.07) is 10.9. The van der Waals surface area contributed by atoms with Gasteiger partial charge < -0.3 is 15.9 Å². The molecule has 2 aromatic heterocycles. The molecule has 0 fully saturated rings. The summed E-state index contributed by atoms with van der Waals surface area (Å²) in [5.41, 5.74) is 7.74. The molecule has 0 spiro atoms. The Hall–Kier alpha value is -2.77. The first-order valence-corrected chi connectivity index (χ1v) is 8.45. The lowest BCUT2D eigenvalue weighted by atomic mass is 10.1. The molecule has 1 aromatic carbocycles. The van der Waals surface area contributed by atoms with E-state index in [9.17, 15) is 15.0 Å². The molecule has 0 radical (unpaired) electrons. The van der Waals surface area contributed by atoms with Gasteiger partial charge in [-0.1, -0.05) is 26.0 Å². The minimum atomic E-state index is -1.70. The minimum Gasteiger partial charge on any atom is -0.384 e. The minimum absolute atomic E-state index is 0.185. The second-order valence-corrected chi connectivity index (χ2v) is 6.73. The molecule has 1 amide bonds. The maximum absolute atomic E-state index is 11.1. The lowest BCUT2D eigenvalue weighted by Gasteiger charge is -2.15. The summed E-state index contributed by atoms with van der Waals surface area (Å²) in [4.78, 5) is 15.4. The first kappa shape index (κ1) is 18.0. The van der Waals surface area contributed by atoms with E-state index in [1.165, 1.54) is 0 Å². The number of hydrogen-bond acceptors (Lipinski definition) is 5. The van der Waals surface area contributed by atoms with Crippen molar-refractivity contribution in [1.29, 1.82) is 0 Å². The molecule has 4 N–H and O–H groups in total. The number of benzene rings is 1. The number of aliphatic hydroxyl groups is 2. The first-order chi connectivity index (χ1) is 12.4. The highest BCUT2D eigenvalue weighted by Gasteiger charge is 2.24. The predicted molar refractivity (Wildman–Crippen MR) is 98.0 cm³/mol. The number of nitrogens with two attached hydrogens (primary N) is 1. The van der Waals surface area contributed by atoms with E-state index < -0.39 is 18.1 Å². The first-order valence-electron chi connectivity index (χ1n) is 8.45. The van der Waals surface area contributed by atoms with Gasteiger partial charge in [0.05, 0.1) is 23.1 Å². The summed E-state index contributed by atoms with van der Waals surface area (Å²) in [6.07, 6.45) is -1.35. The summed E-state index contributed by atoms with van der Waals surface area (Å²) in [7, 11) is 0. The highest BCUT2D eigenvalue weighted by atomic mass is 16.3. The van der Waals surface area contributed by atoms with E-state index >= 15 is 0 Å². The van der Waals surface area contributed by atoms with Gasteiger partial charge in [0.15, 0.2) is 6.10 Å². The zero-order valence-electron chi connectivity index (χ0n) is 14.7. The molecular weight excluding hydrogens is 332 g/mol. The molecule has 7 heteroatoms. The van der Waals surface area contributed by atoms with Crippen LogP contribution < -0.4 is 5.73 Å². The fraction of sp³-hybridized carbons (Fsp3) is 0.316. The number of rotatable bonds is 6. The van der Waals surface area contributed by atoms with E-state index in [2.05, 4.69) is 23.9 Å². The number of carbonyl (C=O) groups excluding carboxylic acids is 1. The second-order valence-electron chi connectivity index (χ2n) is 6.73. The van der Waals surface area contributed by atoms with Crippen molar-refractivity contribution in [1.82, 2.24) is 14.8 Å². The van der Waals surface area contributed by atoms with Crippen LogP contribution in [0.3, 0.4) is 0 Å². The van der Waals surface area contributed by atoms with Gasteiger partial charge in [-0.05, 0) is 30.2 Å². The molecule has 0 aliphatic rings. The summed E-state index contributed by atoms with van der Waals surface area (Å²) in [6.45, 7) is 5.13. The molecule has 2 atom stereocenters. The van der Waals surface area contributed by atoms with Crippen molar-refractivity contribution in [2.75, 3.05) is 0 Å². The maximum Gasteiger partial charge on any atom is 0.249 e. The Bertz CT molecular complexity index is 935. The quantitative estimate of drug-likeness (QED) is 0.622. The van der Waals surface area contributed by atoms with E-state index in [1.807, 2.05) is 29.1 Å². The smallest absolute Gasteiger partial charge is 0.249 e. The van der Waals surface area contributed by atoms with E-state index in [4.69, 9.17) is 5.73 Å². The molecule has 0 aliphatic heterocycles. The molecular formula is C19H22N4O3. The number of amides is 1. The van der Waals surface area contributed by atoms with Crippen LogP contribution in [0.5, 0.6) is 0 Å². The number of hydrogen-bond donors (Lipinski definition) is 3. The Morgan fingerprint density at radius 2 is 2.00 bits per heavy atom. The van der Waals surface area contributed by atoms with Crippen molar-refractivity contribution < 1.29 is 15.0 Å². The van der Waals surface area contributed by atoms with Gasteiger partial charge in [0.25, 0.3) is 0 Å². The summed E-state index contributed by atoms with van der Waals surface area (Å²) in [5, 5.41) is 25.1. The van der Waals surface area contributed by atoms with Crippen molar-refractivity contribution in [3.05, 3.63) is 48.3 Å². The average Bonchev–Trinajstić information content (AvgIpc) is 3.02. The zero-order chi connectivity index (χ0) is 18.8. The van der Waals surface area contributed by atoms with E-state index in [0.29, 0.717) is 11.6 Å². The standard InChI is InChI=1S/C19H22N4O3/c1-11(2)10-23-16-7-6-12(8-13(16)9-21-23)14-4-3-5-15(22-14)17(24)18(25)19(20)26/h3-9,11,17-18,24-25H,10H2,1-2H3,(H2,20,26). The number of carbonyl (C=O) groups is 1. The maximum atomic E-state index is 11.1. The van der Waals surface area contributed by atoms with Crippen LogP contribution in [0, 0.1) is 5.92 Å². The molecule has 2 heterocycles. The lowest BCUT2D eigenvalue weighted by Crippen LogP contribution is -2.34. The molecule has 0 aliphatic carbocycles. The number of aliphatic hydroxyl groups excluding tert-OH is 2. The van der Waals surface area contributed by atoms with Gasteiger partial charge in [0.2, 0.25) is 5.91 Å². The number of fused-ring (bicyclic) bond motifs is 1. The van der Waals surface area contributed by atoms with Gasteiger partial charge >= 0.3 is 0 Å². The Kier molecular flexibility index (Phi) is 5.01. The van der Waals surface area contributed by atoms with Crippen LogP contribution in [-0.4, -0.2) is 37.0 Å². The Morgan fingerprint density at radius 1 is 1.23 bits per heavy atom. The topological polar surface area (TPSA) is 114 Å². The molecule has 2 unspecified atom stereocenters. The monoisotopic (exact) mass is 354 g/mol. The average molecular weight is 354 g/mol. The van der Waals surface area contributed by atoms with Crippen LogP contribution in [0.15, 0.2) is 42.6 Å². The third kappa shape index (κ3) is 3.58. The Labute approximate surface area is 151 Å². The fourth-order valence-electron chi connectivity index (χ4n) is 2.83. The third-order valence-electron chi connectivity index (χ3n) is 4.14. The summed E-state index contributed by atoms with van der Waals surface area (Å²) < 4.78 is 1.97. The van der Waals surface area contributed by atoms with E-state index in [0.717, 1.165) is 23.0 Å².